The van der Waals surface area contributed by atoms with E-state index in [1.807, 2.05) is 25.1 Å². The number of carbonyl (C=O) groups excluding carboxylic acids is 1. The van der Waals surface area contributed by atoms with Crippen LogP contribution in [0.25, 0.3) is 11.0 Å². The lowest BCUT2D eigenvalue weighted by molar-refractivity contribution is -0.121. The molecule has 0 spiro atoms. The fourth-order valence-corrected chi connectivity index (χ4v) is 3.51. The molecule has 0 radical (unpaired) electrons. The zero-order valence-corrected chi connectivity index (χ0v) is 18.4. The highest BCUT2D eigenvalue weighted by atomic mass is 16.5. The molecule has 0 saturated heterocycles. The molecule has 0 bridgehead atoms. The van der Waals surface area contributed by atoms with Crippen LogP contribution in [-0.2, 0) is 17.9 Å². The van der Waals surface area contributed by atoms with Crippen molar-refractivity contribution in [2.75, 3.05) is 6.61 Å². The third-order valence-corrected chi connectivity index (χ3v) is 5.25. The molecule has 0 aliphatic heterocycles. The summed E-state index contributed by atoms with van der Waals surface area (Å²) < 4.78 is 8.12. The Labute approximate surface area is 179 Å². The van der Waals surface area contributed by atoms with E-state index in [9.17, 15) is 4.79 Å². The molecule has 0 atom stereocenters. The Morgan fingerprint density at radius 3 is 2.60 bits per heavy atom. The first kappa shape index (κ1) is 21.9. The molecule has 3 aromatic rings. The summed E-state index contributed by atoms with van der Waals surface area (Å²) in [7, 11) is 0. The fraction of sp³-hybridized carbons (Fsp3) is 0.440. The maximum atomic E-state index is 11.9. The van der Waals surface area contributed by atoms with Gasteiger partial charge in [-0.25, -0.2) is 4.98 Å². The van der Waals surface area contributed by atoms with Crippen molar-refractivity contribution in [2.45, 2.75) is 65.5 Å². The molecule has 2 aromatic carbocycles. The van der Waals surface area contributed by atoms with Gasteiger partial charge in [0.2, 0.25) is 5.91 Å². The molecule has 0 aliphatic carbocycles. The second-order valence-electron chi connectivity index (χ2n) is 7.97. The lowest BCUT2D eigenvalue weighted by atomic mass is 10.0. The van der Waals surface area contributed by atoms with Crippen molar-refractivity contribution in [3.8, 4) is 5.75 Å². The van der Waals surface area contributed by atoms with Gasteiger partial charge in [-0.1, -0.05) is 45.0 Å². The Bertz CT molecular complexity index is 945. The van der Waals surface area contributed by atoms with Gasteiger partial charge in [-0.3, -0.25) is 4.79 Å². The third kappa shape index (κ3) is 5.85. The van der Waals surface area contributed by atoms with Gasteiger partial charge in [-0.15, -0.1) is 0 Å². The van der Waals surface area contributed by atoms with Crippen molar-refractivity contribution in [1.29, 1.82) is 0 Å². The molecular formula is C25H33N3O2. The zero-order chi connectivity index (χ0) is 21.3. The molecule has 0 unspecified atom stereocenters. The lowest BCUT2D eigenvalue weighted by Crippen LogP contribution is -2.24. The van der Waals surface area contributed by atoms with E-state index in [4.69, 9.17) is 9.72 Å². The number of hydrogen-bond donors (Lipinski definition) is 1. The Morgan fingerprint density at radius 2 is 1.87 bits per heavy atom. The number of aryl methyl sites for hydroxylation is 1. The van der Waals surface area contributed by atoms with Crippen LogP contribution in [0.3, 0.4) is 0 Å². The van der Waals surface area contributed by atoms with Crippen LogP contribution in [0.15, 0.2) is 48.5 Å². The van der Waals surface area contributed by atoms with Crippen LogP contribution in [0.2, 0.25) is 0 Å². The average Bonchev–Trinajstić information content (AvgIpc) is 3.10. The maximum Gasteiger partial charge on any atom is 0.220 e. The molecule has 0 saturated carbocycles. The standard InChI is InChI=1S/C25H33N3O2/c1-4-9-25(29)26-18-24-27-22-10-5-6-11-23(22)28(24)16-7-8-17-30-21-14-12-20(13-15-21)19(2)3/h5-6,10-15,19H,4,7-9,16-18H2,1-3H3,(H,26,29). The van der Waals surface area contributed by atoms with E-state index < -0.39 is 0 Å². The van der Waals surface area contributed by atoms with E-state index in [1.165, 1.54) is 5.56 Å². The second kappa shape index (κ2) is 10.8. The van der Waals surface area contributed by atoms with Crippen molar-refractivity contribution in [1.82, 2.24) is 14.9 Å². The summed E-state index contributed by atoms with van der Waals surface area (Å²) in [6.45, 7) is 8.41. The summed E-state index contributed by atoms with van der Waals surface area (Å²) in [5.74, 6) is 2.44. The molecule has 1 aromatic heterocycles. The van der Waals surface area contributed by atoms with E-state index in [0.717, 1.165) is 48.4 Å². The van der Waals surface area contributed by atoms with E-state index >= 15 is 0 Å². The first-order valence-electron chi connectivity index (χ1n) is 11.0. The number of benzene rings is 2. The Morgan fingerprint density at radius 1 is 1.10 bits per heavy atom. The highest BCUT2D eigenvalue weighted by molar-refractivity contribution is 5.77. The Balaban J connectivity index is 1.54. The quantitative estimate of drug-likeness (QED) is 0.431. The molecule has 5 heteroatoms. The van der Waals surface area contributed by atoms with Crippen LogP contribution in [0, 0.1) is 0 Å². The number of nitrogens with zero attached hydrogens (tertiary/aromatic N) is 2. The summed E-state index contributed by atoms with van der Waals surface area (Å²) in [6.07, 6.45) is 3.35. The van der Waals surface area contributed by atoms with E-state index in [0.29, 0.717) is 25.5 Å². The molecule has 1 amide bonds. The number of hydrogen-bond acceptors (Lipinski definition) is 3. The van der Waals surface area contributed by atoms with Crippen molar-refractivity contribution in [3.63, 3.8) is 0 Å². The molecule has 30 heavy (non-hydrogen) atoms. The summed E-state index contributed by atoms with van der Waals surface area (Å²) in [6, 6.07) is 16.5. The molecule has 1 heterocycles. The smallest absolute Gasteiger partial charge is 0.220 e. The number of fused-ring (bicyclic) bond motifs is 1. The zero-order valence-electron chi connectivity index (χ0n) is 18.4. The van der Waals surface area contributed by atoms with Gasteiger partial charge in [0, 0.05) is 13.0 Å². The van der Waals surface area contributed by atoms with Gasteiger partial charge >= 0.3 is 0 Å². The van der Waals surface area contributed by atoms with Crippen LogP contribution in [0.4, 0.5) is 0 Å². The molecule has 3 rings (SSSR count). The van der Waals surface area contributed by atoms with Crippen molar-refractivity contribution in [3.05, 3.63) is 59.9 Å². The maximum absolute atomic E-state index is 11.9. The van der Waals surface area contributed by atoms with Gasteiger partial charge in [0.15, 0.2) is 0 Å². The third-order valence-electron chi connectivity index (χ3n) is 5.25. The first-order valence-corrected chi connectivity index (χ1v) is 11.0. The van der Waals surface area contributed by atoms with Crippen molar-refractivity contribution >= 4 is 16.9 Å². The van der Waals surface area contributed by atoms with Crippen molar-refractivity contribution < 1.29 is 9.53 Å². The van der Waals surface area contributed by atoms with Gasteiger partial charge in [0.1, 0.15) is 11.6 Å². The number of ether oxygens (including phenoxy) is 1. The number of imidazole rings is 1. The minimum absolute atomic E-state index is 0.0768. The van der Waals surface area contributed by atoms with Crippen LogP contribution in [-0.4, -0.2) is 22.1 Å². The van der Waals surface area contributed by atoms with E-state index in [2.05, 4.69) is 54.1 Å². The normalized spacial score (nSPS) is 11.2. The topological polar surface area (TPSA) is 56.2 Å². The van der Waals surface area contributed by atoms with E-state index in [1.54, 1.807) is 0 Å². The fourth-order valence-electron chi connectivity index (χ4n) is 3.51. The number of unbranched alkanes of at least 4 members (excludes halogenated alkanes) is 1. The largest absolute Gasteiger partial charge is 0.494 e. The Hall–Kier alpha value is -2.82. The van der Waals surface area contributed by atoms with Crippen LogP contribution in [0.1, 0.15) is 63.8 Å². The lowest BCUT2D eigenvalue weighted by Gasteiger charge is -2.11. The van der Waals surface area contributed by atoms with Gasteiger partial charge < -0.3 is 14.6 Å². The van der Waals surface area contributed by atoms with Gasteiger partial charge in [0.05, 0.1) is 24.2 Å². The monoisotopic (exact) mass is 407 g/mol. The highest BCUT2D eigenvalue weighted by Crippen LogP contribution is 2.20. The minimum Gasteiger partial charge on any atom is -0.494 e. The number of carbonyl (C=O) groups is 1. The number of rotatable bonds is 11. The summed E-state index contributed by atoms with van der Waals surface area (Å²) in [5, 5.41) is 2.99. The van der Waals surface area contributed by atoms with Crippen molar-refractivity contribution in [2.24, 2.45) is 0 Å². The first-order chi connectivity index (χ1) is 14.6. The van der Waals surface area contributed by atoms with Gasteiger partial charge in [0.25, 0.3) is 0 Å². The second-order valence-corrected chi connectivity index (χ2v) is 7.97. The molecule has 0 fully saturated rings. The summed E-state index contributed by atoms with van der Waals surface area (Å²) in [5.41, 5.74) is 3.41. The molecule has 160 valence electrons. The number of para-hydroxylation sites is 2. The molecule has 5 nitrogen and oxygen atoms in total. The van der Waals surface area contributed by atoms with Crippen LogP contribution < -0.4 is 10.1 Å². The van der Waals surface area contributed by atoms with Gasteiger partial charge in [-0.2, -0.15) is 0 Å². The van der Waals surface area contributed by atoms with Crippen LogP contribution in [0.5, 0.6) is 5.75 Å². The van der Waals surface area contributed by atoms with Crippen LogP contribution >= 0.6 is 0 Å². The number of amides is 1. The highest BCUT2D eigenvalue weighted by Gasteiger charge is 2.11. The predicted octanol–water partition coefficient (Wildman–Crippen LogP) is 5.44. The summed E-state index contributed by atoms with van der Waals surface area (Å²) in [4.78, 5) is 16.6. The SMILES string of the molecule is CCCC(=O)NCc1nc2ccccc2n1CCCCOc1ccc(C(C)C)cc1. The number of nitrogens with one attached hydrogen (secondary N) is 1. The van der Waals surface area contributed by atoms with E-state index in [-0.39, 0.29) is 5.91 Å². The minimum atomic E-state index is 0.0768. The van der Waals surface area contributed by atoms with Gasteiger partial charge in [-0.05, 0) is 55.0 Å². The molecule has 1 N–H and O–H groups in total. The Kier molecular flexibility index (Phi) is 7.89. The predicted molar refractivity (Wildman–Crippen MR) is 122 cm³/mol. The number of aromatic nitrogens is 2. The molecular weight excluding hydrogens is 374 g/mol. The summed E-state index contributed by atoms with van der Waals surface area (Å²) >= 11 is 0. The molecule has 0 aliphatic rings. The average molecular weight is 408 g/mol.